The monoisotopic (exact) mass is 447 g/mol. The van der Waals surface area contributed by atoms with Crippen molar-refractivity contribution in [2.24, 2.45) is 16.6 Å². The fraction of sp³-hybridized carbons (Fsp3) is 0.667. The van der Waals surface area contributed by atoms with Crippen LogP contribution < -0.4 is 16.4 Å². The Morgan fingerprint density at radius 1 is 1.19 bits per heavy atom. The number of primary amides is 1. The number of nitrogens with zero attached hydrogens (tertiary/aromatic N) is 2. The number of benzene rings is 1. The number of halogens is 1. The molecule has 0 radical (unpaired) electrons. The summed E-state index contributed by atoms with van der Waals surface area (Å²) in [7, 11) is 0. The van der Waals surface area contributed by atoms with Crippen LogP contribution in [-0.4, -0.2) is 68.2 Å². The van der Waals surface area contributed by atoms with Crippen molar-refractivity contribution in [3.8, 4) is 0 Å². The molecule has 1 aromatic carbocycles. The fourth-order valence-electron chi connectivity index (χ4n) is 4.79. The van der Waals surface area contributed by atoms with Gasteiger partial charge >= 0.3 is 0 Å². The van der Waals surface area contributed by atoms with Gasteiger partial charge in [-0.2, -0.15) is 0 Å². The summed E-state index contributed by atoms with van der Waals surface area (Å²) in [6.07, 6.45) is 6.53. The highest BCUT2D eigenvalue weighted by molar-refractivity contribution is 5.82. The number of guanidine groups is 1. The summed E-state index contributed by atoms with van der Waals surface area (Å²) in [5.74, 6) is -0.376. The molecule has 1 amide bonds. The van der Waals surface area contributed by atoms with Gasteiger partial charge in [-0.15, -0.1) is 0 Å². The molecule has 7 nitrogen and oxygen atoms in total. The molecular formula is C24H38FN5O2. The SMILES string of the molecule is CCNC(=NCC1(N2CCOCC2)CCCCC1)NCC(Cc1ccc(F)cc1)C(N)=O. The van der Waals surface area contributed by atoms with Crippen molar-refractivity contribution >= 4 is 11.9 Å². The summed E-state index contributed by atoms with van der Waals surface area (Å²) >= 11 is 0. The average Bonchev–Trinajstić information content (AvgIpc) is 2.82. The van der Waals surface area contributed by atoms with Gasteiger partial charge in [-0.1, -0.05) is 31.4 Å². The van der Waals surface area contributed by atoms with E-state index >= 15 is 0 Å². The van der Waals surface area contributed by atoms with Gasteiger partial charge in [0.15, 0.2) is 5.96 Å². The van der Waals surface area contributed by atoms with Gasteiger partial charge in [-0.25, -0.2) is 4.39 Å². The van der Waals surface area contributed by atoms with E-state index in [1.54, 1.807) is 12.1 Å². The Hall–Kier alpha value is -2.19. The number of rotatable bonds is 9. The maximum absolute atomic E-state index is 13.2. The molecule has 1 atom stereocenters. The minimum atomic E-state index is -0.410. The predicted octanol–water partition coefficient (Wildman–Crippen LogP) is 2.06. The third kappa shape index (κ3) is 6.90. The van der Waals surface area contributed by atoms with Crippen LogP contribution in [0.5, 0.6) is 0 Å². The van der Waals surface area contributed by atoms with Crippen LogP contribution in [0.1, 0.15) is 44.6 Å². The Kier molecular flexibility index (Phi) is 9.29. The summed E-state index contributed by atoms with van der Waals surface area (Å²) in [6.45, 7) is 7.35. The molecule has 0 aromatic heterocycles. The highest BCUT2D eigenvalue weighted by Gasteiger charge is 2.38. The standard InChI is InChI=1S/C24H38FN5O2/c1-2-27-23(28-17-20(22(26)31)16-19-6-8-21(25)9-7-19)29-18-24(10-4-3-5-11-24)30-12-14-32-15-13-30/h6-9,20H,2-5,10-18H2,1H3,(H2,26,31)(H2,27,28,29). The molecule has 1 saturated heterocycles. The zero-order chi connectivity index (χ0) is 22.8. The van der Waals surface area contributed by atoms with Crippen LogP contribution in [0.15, 0.2) is 29.3 Å². The van der Waals surface area contributed by atoms with Crippen LogP contribution in [0.3, 0.4) is 0 Å². The zero-order valence-electron chi connectivity index (χ0n) is 19.2. The van der Waals surface area contributed by atoms with E-state index in [9.17, 15) is 9.18 Å². The first kappa shape index (κ1) is 24.5. The number of nitrogens with one attached hydrogen (secondary N) is 2. The van der Waals surface area contributed by atoms with E-state index in [2.05, 4.69) is 15.5 Å². The normalized spacial score (nSPS) is 20.5. The Morgan fingerprint density at radius 3 is 2.50 bits per heavy atom. The first-order valence-electron chi connectivity index (χ1n) is 11.9. The Bertz CT molecular complexity index is 743. The second kappa shape index (κ2) is 12.2. The molecule has 32 heavy (non-hydrogen) atoms. The van der Waals surface area contributed by atoms with Gasteiger partial charge in [0.05, 0.1) is 25.7 Å². The van der Waals surface area contributed by atoms with Gasteiger partial charge in [0, 0.05) is 31.7 Å². The molecule has 0 spiro atoms. The topological polar surface area (TPSA) is 92.0 Å². The summed E-state index contributed by atoms with van der Waals surface area (Å²) < 4.78 is 18.8. The molecular weight excluding hydrogens is 409 g/mol. The third-order valence-electron chi connectivity index (χ3n) is 6.66. The Labute approximate surface area is 191 Å². The highest BCUT2D eigenvalue weighted by atomic mass is 19.1. The molecule has 4 N–H and O–H groups in total. The van der Waals surface area contributed by atoms with Crippen LogP contribution in [-0.2, 0) is 16.0 Å². The van der Waals surface area contributed by atoms with E-state index in [1.165, 1.54) is 31.4 Å². The Balaban J connectivity index is 1.65. The maximum Gasteiger partial charge on any atom is 0.222 e. The van der Waals surface area contributed by atoms with Crippen LogP contribution in [0.4, 0.5) is 4.39 Å². The lowest BCUT2D eigenvalue weighted by Gasteiger charge is -2.47. The second-order valence-corrected chi connectivity index (χ2v) is 8.89. The number of morpholine rings is 1. The molecule has 8 heteroatoms. The lowest BCUT2D eigenvalue weighted by molar-refractivity contribution is -0.121. The predicted molar refractivity (Wildman–Crippen MR) is 125 cm³/mol. The van der Waals surface area contributed by atoms with E-state index in [1.807, 2.05) is 6.92 Å². The fourth-order valence-corrected chi connectivity index (χ4v) is 4.79. The number of carbonyl (C=O) groups excluding carboxylic acids is 1. The number of hydrogen-bond acceptors (Lipinski definition) is 4. The summed E-state index contributed by atoms with van der Waals surface area (Å²) in [4.78, 5) is 19.6. The number of carbonyl (C=O) groups is 1. The molecule has 1 aliphatic heterocycles. The molecule has 1 unspecified atom stereocenters. The van der Waals surface area contributed by atoms with Crippen molar-refractivity contribution in [3.05, 3.63) is 35.6 Å². The largest absolute Gasteiger partial charge is 0.379 e. The van der Waals surface area contributed by atoms with Crippen LogP contribution in [0.2, 0.25) is 0 Å². The molecule has 1 aliphatic carbocycles. The first-order chi connectivity index (χ1) is 15.5. The van der Waals surface area contributed by atoms with E-state index in [0.29, 0.717) is 18.9 Å². The smallest absolute Gasteiger partial charge is 0.222 e. The molecule has 3 rings (SSSR count). The average molecular weight is 448 g/mol. The molecule has 2 fully saturated rings. The maximum atomic E-state index is 13.2. The number of ether oxygens (including phenoxy) is 1. The van der Waals surface area contributed by atoms with Gasteiger partial charge in [-0.3, -0.25) is 14.7 Å². The number of amides is 1. The number of nitrogens with two attached hydrogens (primary N) is 1. The molecule has 2 aliphatic rings. The van der Waals surface area contributed by atoms with Crippen molar-refractivity contribution in [1.29, 1.82) is 0 Å². The van der Waals surface area contributed by atoms with Gasteiger partial charge < -0.3 is 21.1 Å². The quantitative estimate of drug-likeness (QED) is 0.398. The second-order valence-electron chi connectivity index (χ2n) is 8.89. The number of hydrogen-bond donors (Lipinski definition) is 3. The van der Waals surface area contributed by atoms with Crippen molar-refractivity contribution in [3.63, 3.8) is 0 Å². The molecule has 0 bridgehead atoms. The van der Waals surface area contributed by atoms with Crippen molar-refractivity contribution in [2.45, 2.75) is 51.0 Å². The minimum Gasteiger partial charge on any atom is -0.379 e. The highest BCUT2D eigenvalue weighted by Crippen LogP contribution is 2.34. The van der Waals surface area contributed by atoms with Crippen LogP contribution in [0.25, 0.3) is 0 Å². The lowest BCUT2D eigenvalue weighted by atomic mass is 9.80. The lowest BCUT2D eigenvalue weighted by Crippen LogP contribution is -2.56. The van der Waals surface area contributed by atoms with E-state index in [4.69, 9.17) is 15.5 Å². The van der Waals surface area contributed by atoms with Gasteiger partial charge in [0.25, 0.3) is 0 Å². The molecule has 178 valence electrons. The van der Waals surface area contributed by atoms with E-state index < -0.39 is 5.92 Å². The number of aliphatic imine (C=N–C) groups is 1. The van der Waals surface area contributed by atoms with Crippen LogP contribution in [0, 0.1) is 11.7 Å². The zero-order valence-corrected chi connectivity index (χ0v) is 19.2. The van der Waals surface area contributed by atoms with Crippen molar-refractivity contribution in [1.82, 2.24) is 15.5 Å². The summed E-state index contributed by atoms with van der Waals surface area (Å²) in [5.41, 5.74) is 6.62. The van der Waals surface area contributed by atoms with Gasteiger partial charge in [0.2, 0.25) is 5.91 Å². The molecule has 1 aromatic rings. The minimum absolute atomic E-state index is 0.0849. The van der Waals surface area contributed by atoms with Crippen LogP contribution >= 0.6 is 0 Å². The molecule has 1 saturated carbocycles. The van der Waals surface area contributed by atoms with Crippen molar-refractivity contribution in [2.75, 3.05) is 45.9 Å². The van der Waals surface area contributed by atoms with Gasteiger partial charge in [-0.05, 0) is 43.9 Å². The van der Waals surface area contributed by atoms with E-state index in [-0.39, 0.29) is 17.3 Å². The summed E-state index contributed by atoms with van der Waals surface area (Å²) in [6, 6.07) is 6.20. The Morgan fingerprint density at radius 2 is 1.88 bits per heavy atom. The third-order valence-corrected chi connectivity index (χ3v) is 6.66. The molecule has 1 heterocycles. The van der Waals surface area contributed by atoms with Crippen molar-refractivity contribution < 1.29 is 13.9 Å². The van der Waals surface area contributed by atoms with Gasteiger partial charge in [0.1, 0.15) is 5.82 Å². The summed E-state index contributed by atoms with van der Waals surface area (Å²) in [5, 5.41) is 6.62. The van der Waals surface area contributed by atoms with E-state index in [0.717, 1.165) is 57.8 Å². The first-order valence-corrected chi connectivity index (χ1v) is 11.9.